The first-order chi connectivity index (χ1) is 34.5. The second-order valence-electron chi connectivity index (χ2n) is 18.4. The number of nitrogens with one attached hydrogen (secondary N) is 8. The molecule has 1 fully saturated rings. The summed E-state index contributed by atoms with van der Waals surface area (Å²) in [6, 6.07) is -7.58. The van der Waals surface area contributed by atoms with Crippen LogP contribution in [0, 0.1) is 5.92 Å². The molecule has 73 heavy (non-hydrogen) atoms. The summed E-state index contributed by atoms with van der Waals surface area (Å²) in [5.74, 6) is -10.9. The van der Waals surface area contributed by atoms with Crippen molar-refractivity contribution in [1.29, 1.82) is 0 Å². The van der Waals surface area contributed by atoms with E-state index in [1.807, 2.05) is 0 Å². The van der Waals surface area contributed by atoms with Gasteiger partial charge in [-0.15, -0.1) is 0 Å². The molecule has 2 rings (SSSR count). The van der Waals surface area contributed by atoms with Crippen molar-refractivity contribution < 1.29 is 58.2 Å². The lowest BCUT2D eigenvalue weighted by atomic mass is 10.00. The van der Waals surface area contributed by atoms with E-state index in [9.17, 15) is 48.6 Å². The molecule has 0 spiro atoms. The Morgan fingerprint density at radius 2 is 1.04 bits per heavy atom. The third kappa shape index (κ3) is 19.6. The summed E-state index contributed by atoms with van der Waals surface area (Å²) in [5, 5.41) is 41.6. The third-order valence-electron chi connectivity index (χ3n) is 11.6. The number of hydrogen-bond acceptors (Lipinski definition) is 18. The van der Waals surface area contributed by atoms with E-state index in [1.54, 1.807) is 44.2 Å². The van der Waals surface area contributed by atoms with E-state index in [-0.39, 0.29) is 64.2 Å². The number of nitrogens with two attached hydrogens (primary N) is 6. The molecule has 1 saturated heterocycles. The van der Waals surface area contributed by atoms with Crippen LogP contribution in [0.3, 0.4) is 0 Å². The topological polar surface area (TPSA) is 467 Å². The Labute approximate surface area is 424 Å². The molecule has 27 heteroatoms. The molecule has 1 aromatic carbocycles. The molecule has 0 bridgehead atoms. The molecule has 0 aliphatic carbocycles. The van der Waals surface area contributed by atoms with Crippen molar-refractivity contribution in [3.63, 3.8) is 0 Å². The molecule has 410 valence electrons. The van der Waals surface area contributed by atoms with Crippen molar-refractivity contribution in [2.75, 3.05) is 32.7 Å². The van der Waals surface area contributed by atoms with Gasteiger partial charge in [-0.3, -0.25) is 52.8 Å². The summed E-state index contributed by atoms with van der Waals surface area (Å²) in [5.41, 5.74) is 35.8. The van der Waals surface area contributed by atoms with E-state index >= 15 is 9.59 Å². The quantitative estimate of drug-likeness (QED) is 0.0544. The van der Waals surface area contributed by atoms with Gasteiger partial charge in [0.05, 0.1) is 18.2 Å². The molecule has 1 aliphatic heterocycles. The fourth-order valence-electron chi connectivity index (χ4n) is 7.71. The summed E-state index contributed by atoms with van der Waals surface area (Å²) in [6.45, 7) is 5.72. The number of aliphatic hydroxyl groups is 2. The van der Waals surface area contributed by atoms with Crippen molar-refractivity contribution in [2.24, 2.45) is 40.3 Å². The Hall–Kier alpha value is -6.20. The molecular weight excluding hydrogens is 955 g/mol. The van der Waals surface area contributed by atoms with Gasteiger partial charge < -0.3 is 87.1 Å². The molecule has 0 unspecified atom stereocenters. The number of aliphatic hydroxyl groups excluding tert-OH is 2. The van der Waals surface area contributed by atoms with Crippen LogP contribution in [0.2, 0.25) is 0 Å². The van der Waals surface area contributed by atoms with Gasteiger partial charge in [-0.1, -0.05) is 44.2 Å². The highest BCUT2D eigenvalue weighted by molar-refractivity contribution is 6.07. The summed E-state index contributed by atoms with van der Waals surface area (Å²) < 4.78 is 0. The predicted octanol–water partition coefficient (Wildman–Crippen LogP) is -7.26. The maximum atomic E-state index is 15.0. The highest BCUT2D eigenvalue weighted by atomic mass is 16.3. The average molecular weight is 1030 g/mol. The van der Waals surface area contributed by atoms with Crippen LogP contribution in [0.15, 0.2) is 30.3 Å². The van der Waals surface area contributed by atoms with E-state index < -0.39 is 151 Å². The Kier molecular flexibility index (Phi) is 27.1. The highest BCUT2D eigenvalue weighted by Gasteiger charge is 2.45. The monoisotopic (exact) mass is 1030 g/mol. The van der Waals surface area contributed by atoms with Gasteiger partial charge in [-0.2, -0.15) is 0 Å². The number of amides is 10. The number of carbonyl (C=O) groups is 10. The Morgan fingerprint density at radius 3 is 1.49 bits per heavy atom. The van der Waals surface area contributed by atoms with Crippen molar-refractivity contribution in [1.82, 2.24) is 47.4 Å². The Morgan fingerprint density at radius 1 is 0.589 bits per heavy atom. The zero-order chi connectivity index (χ0) is 55.1. The van der Waals surface area contributed by atoms with E-state index in [2.05, 4.69) is 42.5 Å². The molecule has 12 atom stereocenters. The summed E-state index contributed by atoms with van der Waals surface area (Å²) in [6.07, 6.45) is -5.26. The number of nitrogens with zero attached hydrogens (tertiary/aromatic N) is 1. The molecule has 0 radical (unpaired) electrons. The normalized spacial score (nSPS) is 24.2. The van der Waals surface area contributed by atoms with Crippen molar-refractivity contribution in [3.05, 3.63) is 35.9 Å². The van der Waals surface area contributed by atoms with Gasteiger partial charge in [0.25, 0.3) is 11.8 Å². The van der Waals surface area contributed by atoms with E-state index in [4.69, 9.17) is 34.4 Å². The maximum Gasteiger partial charge on any atom is 0.255 e. The standard InChI is InChI=1S/C46H79N15O12/c1-23(2)21-32-41(68)54-28(11-16-47)38(65)53-30(13-18-49)40(67)60-36(26(5)63)46(73)61(45(72)31(14-19-50)56-44(71)35(25(4)62)59-37(64)24(3)52)34(15-20-51)43(70)55-29(12-17-48)39(66)58-33(42(69)57-32)22-27-9-7-6-8-10-27/h6-10,23-26,28-36,62-63H,11-22,47-52H2,1-5H3,(H,53,65)(H,54,68)(H,55,70)(H,56,71)(H,57,69)(H,58,66)(H,59,64)(H,60,67)/t24-,25+,26+,28-,29-,30-,31-,32-,33+,34-,35-,36-/m0/s1. The highest BCUT2D eigenvalue weighted by Crippen LogP contribution is 2.16. The van der Waals surface area contributed by atoms with Gasteiger partial charge in [0, 0.05) is 6.42 Å². The van der Waals surface area contributed by atoms with Crippen LogP contribution < -0.4 is 76.9 Å². The van der Waals surface area contributed by atoms with Gasteiger partial charge >= 0.3 is 0 Å². The fraction of sp³-hybridized carbons (Fsp3) is 0.652. The summed E-state index contributed by atoms with van der Waals surface area (Å²) in [7, 11) is 0. The van der Waals surface area contributed by atoms with E-state index in [0.717, 1.165) is 13.8 Å². The molecule has 10 amide bonds. The summed E-state index contributed by atoms with van der Waals surface area (Å²) >= 11 is 0. The first-order valence-corrected chi connectivity index (χ1v) is 24.4. The minimum atomic E-state index is -2.11. The summed E-state index contributed by atoms with van der Waals surface area (Å²) in [4.78, 5) is 142. The third-order valence-corrected chi connectivity index (χ3v) is 11.6. The Bertz CT molecular complexity index is 2030. The zero-order valence-corrected chi connectivity index (χ0v) is 42.3. The number of rotatable bonds is 21. The van der Waals surface area contributed by atoms with E-state index in [1.165, 1.54) is 6.92 Å². The van der Waals surface area contributed by atoms with Crippen LogP contribution in [-0.4, -0.2) is 180 Å². The fourth-order valence-corrected chi connectivity index (χ4v) is 7.71. The predicted molar refractivity (Wildman–Crippen MR) is 266 cm³/mol. The second-order valence-corrected chi connectivity index (χ2v) is 18.4. The van der Waals surface area contributed by atoms with Crippen molar-refractivity contribution in [2.45, 2.75) is 152 Å². The molecule has 1 aromatic rings. The largest absolute Gasteiger partial charge is 0.391 e. The van der Waals surface area contributed by atoms with Crippen molar-refractivity contribution in [3.8, 4) is 0 Å². The van der Waals surface area contributed by atoms with Gasteiger partial charge in [-0.05, 0) is 104 Å². The lowest BCUT2D eigenvalue weighted by Gasteiger charge is -2.36. The van der Waals surface area contributed by atoms with Crippen LogP contribution in [-0.2, 0) is 54.4 Å². The van der Waals surface area contributed by atoms with Crippen LogP contribution >= 0.6 is 0 Å². The van der Waals surface area contributed by atoms with Gasteiger partial charge in [0.1, 0.15) is 54.4 Å². The van der Waals surface area contributed by atoms with Crippen LogP contribution in [0.4, 0.5) is 0 Å². The lowest BCUT2D eigenvalue weighted by molar-refractivity contribution is -0.158. The van der Waals surface area contributed by atoms with Gasteiger partial charge in [0.2, 0.25) is 47.3 Å². The number of imide groups is 1. The van der Waals surface area contributed by atoms with Crippen LogP contribution in [0.5, 0.6) is 0 Å². The first kappa shape index (κ1) is 62.9. The average Bonchev–Trinajstić information content (AvgIpc) is 3.32. The zero-order valence-electron chi connectivity index (χ0n) is 42.3. The van der Waals surface area contributed by atoms with E-state index in [0.29, 0.717) is 10.5 Å². The number of benzene rings is 1. The molecule has 22 N–H and O–H groups in total. The Balaban J connectivity index is 3.00. The second kappa shape index (κ2) is 31.4. The molecule has 1 heterocycles. The number of hydrogen-bond donors (Lipinski definition) is 16. The van der Waals surface area contributed by atoms with Crippen LogP contribution in [0.1, 0.15) is 78.7 Å². The maximum absolute atomic E-state index is 15.0. The minimum absolute atomic E-state index is 0.0538. The van der Waals surface area contributed by atoms with Gasteiger partial charge in [0.15, 0.2) is 0 Å². The first-order valence-electron chi connectivity index (χ1n) is 24.4. The molecule has 1 aliphatic rings. The molecule has 0 aromatic heterocycles. The molecule has 0 saturated carbocycles. The molecular formula is C46H79N15O12. The minimum Gasteiger partial charge on any atom is -0.391 e. The lowest BCUT2D eigenvalue weighted by Crippen LogP contribution is -2.66. The smallest absolute Gasteiger partial charge is 0.255 e. The number of carbonyl (C=O) groups excluding carboxylic acids is 10. The van der Waals surface area contributed by atoms with Crippen LogP contribution in [0.25, 0.3) is 0 Å². The van der Waals surface area contributed by atoms with Crippen molar-refractivity contribution >= 4 is 59.1 Å². The SMILES string of the molecule is CC(C)C[C@@H]1NC(=O)[C@@H](Cc2ccccc2)NC(=O)[C@H](CCN)NC(=O)[C@H](CCN)N(C(=O)[C@H](CCN)NC(=O)[C@@H](NC(=O)[C@H](C)N)[C@@H](C)O)C(=O)[C@H]([C@@H](C)O)NC(=O)[C@H](CCN)NC(=O)[C@H](CCN)NC1=O. The molecule has 27 nitrogen and oxygen atoms in total. The van der Waals surface area contributed by atoms with Gasteiger partial charge in [-0.25, -0.2) is 0 Å².